The molecule has 8 nitrogen and oxygen atoms in total. The number of aliphatic carboxylic acids is 1. The van der Waals surface area contributed by atoms with Gasteiger partial charge >= 0.3 is 5.97 Å². The lowest BCUT2D eigenvalue weighted by atomic mass is 9.82. The van der Waals surface area contributed by atoms with Gasteiger partial charge in [0.1, 0.15) is 5.69 Å². The minimum atomic E-state index is -0.966. The summed E-state index contributed by atoms with van der Waals surface area (Å²) < 4.78 is 0. The lowest BCUT2D eigenvalue weighted by Crippen LogP contribution is -2.48. The van der Waals surface area contributed by atoms with E-state index in [-0.39, 0.29) is 17.9 Å². The minimum absolute atomic E-state index is 0.103. The Kier molecular flexibility index (Phi) is 3.47. The molecule has 1 aromatic heterocycles. The maximum absolute atomic E-state index is 12.2. The predicted octanol–water partition coefficient (Wildman–Crippen LogP) is 1.25. The minimum Gasteiger partial charge on any atom is -0.481 e. The zero-order valence-corrected chi connectivity index (χ0v) is 11.0. The second kappa shape index (κ2) is 4.95. The average Bonchev–Trinajstić information content (AvgIpc) is 2.87. The van der Waals surface area contributed by atoms with Gasteiger partial charge < -0.3 is 15.0 Å². The van der Waals surface area contributed by atoms with Gasteiger partial charge in [-0.1, -0.05) is 0 Å². The van der Waals surface area contributed by atoms with Crippen molar-refractivity contribution in [3.63, 3.8) is 0 Å². The van der Waals surface area contributed by atoms with Crippen molar-refractivity contribution in [3.8, 4) is 0 Å². The van der Waals surface area contributed by atoms with Crippen molar-refractivity contribution in [1.82, 2.24) is 9.88 Å². The Labute approximate surface area is 114 Å². The van der Waals surface area contributed by atoms with Crippen molar-refractivity contribution in [3.05, 3.63) is 28.1 Å². The van der Waals surface area contributed by atoms with Crippen LogP contribution in [0.1, 0.15) is 30.3 Å². The molecule has 2 rings (SSSR count). The van der Waals surface area contributed by atoms with E-state index in [0.717, 1.165) is 12.3 Å². The highest BCUT2D eigenvalue weighted by Crippen LogP contribution is 2.30. The highest BCUT2D eigenvalue weighted by Gasteiger charge is 2.39. The summed E-state index contributed by atoms with van der Waals surface area (Å²) in [6.07, 6.45) is 2.25. The van der Waals surface area contributed by atoms with Crippen LogP contribution >= 0.6 is 0 Å². The molecule has 2 N–H and O–H groups in total. The number of piperidine rings is 1. The summed E-state index contributed by atoms with van der Waals surface area (Å²) in [5.74, 6) is -1.35. The molecule has 1 aliphatic heterocycles. The van der Waals surface area contributed by atoms with Crippen LogP contribution in [0.3, 0.4) is 0 Å². The molecule has 1 amide bonds. The molecule has 0 radical (unpaired) electrons. The number of nitrogens with one attached hydrogen (secondary N) is 1. The van der Waals surface area contributed by atoms with Gasteiger partial charge in [0.05, 0.1) is 16.5 Å². The number of carbonyl (C=O) groups is 2. The van der Waals surface area contributed by atoms with Crippen LogP contribution in [0.2, 0.25) is 0 Å². The van der Waals surface area contributed by atoms with Crippen LogP contribution in [0.5, 0.6) is 0 Å². The molecule has 8 heteroatoms. The largest absolute Gasteiger partial charge is 0.481 e. The number of amides is 1. The molecular formula is C12H15N3O5. The Morgan fingerprint density at radius 3 is 2.80 bits per heavy atom. The van der Waals surface area contributed by atoms with Crippen LogP contribution in [0, 0.1) is 15.5 Å². The van der Waals surface area contributed by atoms with Crippen molar-refractivity contribution in [2.75, 3.05) is 13.1 Å². The molecule has 1 aromatic rings. The molecular weight excluding hydrogens is 266 g/mol. The smallest absolute Gasteiger partial charge is 0.311 e. The van der Waals surface area contributed by atoms with Gasteiger partial charge in [0, 0.05) is 19.2 Å². The second-order valence-electron chi connectivity index (χ2n) is 5.22. The standard InChI is InChI=1S/C12H15N3O5/c1-12(11(17)18)3-2-4-14(7-12)10(16)9-5-8(6-13-9)15(19)20/h5-6,13H,2-4,7H2,1H3,(H,17,18). The lowest BCUT2D eigenvalue weighted by Gasteiger charge is -2.37. The summed E-state index contributed by atoms with van der Waals surface area (Å²) in [7, 11) is 0. The van der Waals surface area contributed by atoms with Crippen LogP contribution in [-0.4, -0.2) is 44.9 Å². The molecule has 0 aliphatic carbocycles. The first-order valence-electron chi connectivity index (χ1n) is 6.19. The SMILES string of the molecule is CC1(C(=O)O)CCCN(C(=O)c2cc([N+](=O)[O-])c[nH]2)C1. The quantitative estimate of drug-likeness (QED) is 0.638. The van der Waals surface area contributed by atoms with Crippen LogP contribution in [0.4, 0.5) is 5.69 Å². The van der Waals surface area contributed by atoms with Gasteiger partial charge in [-0.05, 0) is 19.8 Å². The van der Waals surface area contributed by atoms with Gasteiger partial charge in [-0.25, -0.2) is 0 Å². The van der Waals surface area contributed by atoms with Gasteiger partial charge in [-0.2, -0.15) is 0 Å². The van der Waals surface area contributed by atoms with Gasteiger partial charge in [0.2, 0.25) is 0 Å². The van der Waals surface area contributed by atoms with E-state index in [2.05, 4.69) is 4.98 Å². The van der Waals surface area contributed by atoms with E-state index in [4.69, 9.17) is 0 Å². The fraction of sp³-hybridized carbons (Fsp3) is 0.500. The monoisotopic (exact) mass is 281 g/mol. The molecule has 108 valence electrons. The van der Waals surface area contributed by atoms with E-state index >= 15 is 0 Å². The fourth-order valence-electron chi connectivity index (χ4n) is 2.37. The Morgan fingerprint density at radius 1 is 1.55 bits per heavy atom. The van der Waals surface area contributed by atoms with Crippen molar-refractivity contribution in [1.29, 1.82) is 0 Å². The van der Waals surface area contributed by atoms with E-state index in [0.29, 0.717) is 19.4 Å². The van der Waals surface area contributed by atoms with Crippen molar-refractivity contribution in [2.24, 2.45) is 5.41 Å². The Balaban J connectivity index is 2.16. The number of rotatable bonds is 3. The number of carboxylic acid groups (broad SMARTS) is 1. The van der Waals surface area contributed by atoms with Gasteiger partial charge in [0.25, 0.3) is 11.6 Å². The van der Waals surface area contributed by atoms with E-state index in [9.17, 15) is 24.8 Å². The molecule has 20 heavy (non-hydrogen) atoms. The molecule has 0 spiro atoms. The van der Waals surface area contributed by atoms with Gasteiger partial charge in [0.15, 0.2) is 0 Å². The van der Waals surface area contributed by atoms with Gasteiger partial charge in [-0.3, -0.25) is 19.7 Å². The summed E-state index contributed by atoms with van der Waals surface area (Å²) in [4.78, 5) is 37.4. The number of nitrogens with zero attached hydrogens (tertiary/aromatic N) is 2. The first-order chi connectivity index (χ1) is 9.33. The fourth-order valence-corrected chi connectivity index (χ4v) is 2.37. The number of carbonyl (C=O) groups excluding carboxylic acids is 1. The third kappa shape index (κ3) is 2.49. The molecule has 1 fully saturated rings. The maximum Gasteiger partial charge on any atom is 0.311 e. The van der Waals surface area contributed by atoms with Gasteiger partial charge in [-0.15, -0.1) is 0 Å². The van der Waals surface area contributed by atoms with E-state index < -0.39 is 22.2 Å². The number of carboxylic acids is 1. The van der Waals surface area contributed by atoms with E-state index in [1.165, 1.54) is 4.90 Å². The molecule has 0 bridgehead atoms. The summed E-state index contributed by atoms with van der Waals surface area (Å²) in [5, 5.41) is 19.8. The summed E-state index contributed by atoms with van der Waals surface area (Å²) in [6.45, 7) is 2.16. The number of hydrogen-bond acceptors (Lipinski definition) is 4. The number of aromatic amines is 1. The molecule has 0 aromatic carbocycles. The highest BCUT2D eigenvalue weighted by molar-refractivity contribution is 5.93. The summed E-state index contributed by atoms with van der Waals surface area (Å²) in [6, 6.07) is 1.16. The Morgan fingerprint density at radius 2 is 2.25 bits per heavy atom. The molecule has 1 atom stereocenters. The van der Waals surface area contributed by atoms with Crippen LogP contribution in [-0.2, 0) is 4.79 Å². The third-order valence-corrected chi connectivity index (χ3v) is 3.61. The van der Waals surface area contributed by atoms with Crippen LogP contribution < -0.4 is 0 Å². The lowest BCUT2D eigenvalue weighted by molar-refractivity contribution is -0.384. The Hall–Kier alpha value is -2.38. The molecule has 2 heterocycles. The summed E-state index contributed by atoms with van der Waals surface area (Å²) >= 11 is 0. The average molecular weight is 281 g/mol. The normalized spacial score (nSPS) is 22.6. The van der Waals surface area contributed by atoms with Crippen LogP contribution in [0.15, 0.2) is 12.3 Å². The Bertz CT molecular complexity index is 567. The summed E-state index contributed by atoms with van der Waals surface area (Å²) in [5.41, 5.74) is -1.05. The van der Waals surface area contributed by atoms with E-state index in [1.54, 1.807) is 6.92 Å². The number of H-pyrrole nitrogens is 1. The third-order valence-electron chi connectivity index (χ3n) is 3.61. The second-order valence-corrected chi connectivity index (χ2v) is 5.22. The highest BCUT2D eigenvalue weighted by atomic mass is 16.6. The first-order valence-corrected chi connectivity index (χ1v) is 6.19. The van der Waals surface area contributed by atoms with Crippen molar-refractivity contribution >= 4 is 17.6 Å². The maximum atomic E-state index is 12.2. The number of likely N-dealkylation sites (tertiary alicyclic amines) is 1. The zero-order valence-electron chi connectivity index (χ0n) is 11.0. The molecule has 1 saturated heterocycles. The molecule has 0 saturated carbocycles. The molecule has 1 unspecified atom stereocenters. The van der Waals surface area contributed by atoms with Crippen molar-refractivity contribution in [2.45, 2.75) is 19.8 Å². The number of aromatic nitrogens is 1. The molecule has 1 aliphatic rings. The number of hydrogen-bond donors (Lipinski definition) is 2. The number of nitro groups is 1. The predicted molar refractivity (Wildman–Crippen MR) is 68.3 cm³/mol. The topological polar surface area (TPSA) is 117 Å². The zero-order chi connectivity index (χ0) is 14.9. The first kappa shape index (κ1) is 14.0. The van der Waals surface area contributed by atoms with Crippen LogP contribution in [0.25, 0.3) is 0 Å². The van der Waals surface area contributed by atoms with Crippen molar-refractivity contribution < 1.29 is 19.6 Å². The van der Waals surface area contributed by atoms with E-state index in [1.807, 2.05) is 0 Å².